The molecule has 2 aromatic rings. The van der Waals surface area contributed by atoms with Gasteiger partial charge in [0.05, 0.1) is 24.5 Å². The molecule has 6 nitrogen and oxygen atoms in total. The number of nitrogens with zero attached hydrogens (tertiary/aromatic N) is 4. The molecule has 0 fully saturated rings. The highest BCUT2D eigenvalue weighted by atomic mass is 16.2. The van der Waals surface area contributed by atoms with Gasteiger partial charge in [0.15, 0.2) is 0 Å². The number of carbonyl (C=O) groups excluding carboxylic acids is 1. The van der Waals surface area contributed by atoms with Gasteiger partial charge in [-0.3, -0.25) is 9.58 Å². The van der Waals surface area contributed by atoms with Crippen molar-refractivity contribution in [1.82, 2.24) is 24.9 Å². The van der Waals surface area contributed by atoms with Gasteiger partial charge in [-0.2, -0.15) is 5.10 Å². The van der Waals surface area contributed by atoms with Gasteiger partial charge >= 0.3 is 6.03 Å². The zero-order chi connectivity index (χ0) is 18.0. The molecule has 1 N–H and O–H groups in total. The Balaban J connectivity index is 1.64. The Kier molecular flexibility index (Phi) is 5.08. The molecular formula is C19H27N5O. The minimum absolute atomic E-state index is 0.0948. The lowest BCUT2D eigenvalue weighted by molar-refractivity contribution is 0.204. The number of benzene rings is 1. The highest BCUT2D eigenvalue weighted by Crippen LogP contribution is 2.20. The molecule has 3 rings (SSSR count). The minimum atomic E-state index is -0.0948. The fraction of sp³-hybridized carbons (Fsp3) is 0.474. The van der Waals surface area contributed by atoms with Crippen LogP contribution in [0.4, 0.5) is 4.79 Å². The lowest BCUT2D eigenvalue weighted by Gasteiger charge is -2.28. The number of aromatic nitrogens is 2. The Morgan fingerprint density at radius 3 is 2.64 bits per heavy atom. The van der Waals surface area contributed by atoms with Gasteiger partial charge in [-0.05, 0) is 36.6 Å². The van der Waals surface area contributed by atoms with E-state index in [9.17, 15) is 4.79 Å². The van der Waals surface area contributed by atoms with Crippen LogP contribution < -0.4 is 5.32 Å². The molecule has 0 atom stereocenters. The third kappa shape index (κ3) is 4.02. The predicted molar refractivity (Wildman–Crippen MR) is 98.2 cm³/mol. The van der Waals surface area contributed by atoms with E-state index in [0.717, 1.165) is 31.9 Å². The molecule has 1 aromatic heterocycles. The van der Waals surface area contributed by atoms with Crippen LogP contribution in [0.5, 0.6) is 0 Å². The van der Waals surface area contributed by atoms with E-state index in [4.69, 9.17) is 0 Å². The molecule has 2 amide bonds. The molecule has 1 aromatic carbocycles. The zero-order valence-corrected chi connectivity index (χ0v) is 15.5. The zero-order valence-electron chi connectivity index (χ0n) is 15.5. The van der Waals surface area contributed by atoms with Gasteiger partial charge in [0.1, 0.15) is 0 Å². The number of aryl methyl sites for hydroxylation is 2. The smallest absolute Gasteiger partial charge is 0.317 e. The number of rotatable bonds is 4. The lowest BCUT2D eigenvalue weighted by Crippen LogP contribution is -2.34. The fourth-order valence-corrected chi connectivity index (χ4v) is 3.25. The van der Waals surface area contributed by atoms with Crippen LogP contribution in [0.3, 0.4) is 0 Å². The van der Waals surface area contributed by atoms with Crippen LogP contribution in [-0.4, -0.2) is 46.3 Å². The third-order valence-corrected chi connectivity index (χ3v) is 4.78. The topological polar surface area (TPSA) is 53.4 Å². The Labute approximate surface area is 149 Å². The summed E-state index contributed by atoms with van der Waals surface area (Å²) in [6.45, 7) is 8.57. The molecule has 25 heavy (non-hydrogen) atoms. The van der Waals surface area contributed by atoms with E-state index in [0.29, 0.717) is 6.54 Å². The van der Waals surface area contributed by atoms with Crippen molar-refractivity contribution in [3.05, 3.63) is 52.3 Å². The minimum Gasteiger partial charge on any atom is -0.332 e. The normalized spacial score (nSPS) is 14.2. The maximum absolute atomic E-state index is 11.7. The van der Waals surface area contributed by atoms with Crippen LogP contribution >= 0.6 is 0 Å². The van der Waals surface area contributed by atoms with E-state index in [1.54, 1.807) is 14.1 Å². The monoisotopic (exact) mass is 341 g/mol. The second-order valence-corrected chi connectivity index (χ2v) is 6.98. The fourth-order valence-electron chi connectivity index (χ4n) is 3.25. The SMILES string of the molecule is Cc1cccc(C)c1CN1CCn2nc(CNC(=O)N(C)C)cc2C1. The second kappa shape index (κ2) is 7.27. The van der Waals surface area contributed by atoms with Crippen LogP contribution in [0.2, 0.25) is 0 Å². The van der Waals surface area contributed by atoms with E-state index in [1.165, 1.54) is 27.3 Å². The van der Waals surface area contributed by atoms with Crippen LogP contribution in [0, 0.1) is 13.8 Å². The second-order valence-electron chi connectivity index (χ2n) is 6.98. The molecule has 1 aliphatic heterocycles. The average Bonchev–Trinajstić information content (AvgIpc) is 2.98. The van der Waals surface area contributed by atoms with Crippen molar-refractivity contribution < 1.29 is 4.79 Å². The summed E-state index contributed by atoms with van der Waals surface area (Å²) in [4.78, 5) is 15.6. The van der Waals surface area contributed by atoms with Gasteiger partial charge < -0.3 is 10.2 Å². The Hall–Kier alpha value is -2.34. The van der Waals surface area contributed by atoms with Crippen LogP contribution in [0.25, 0.3) is 0 Å². The van der Waals surface area contributed by atoms with Gasteiger partial charge in [-0.25, -0.2) is 4.79 Å². The number of fused-ring (bicyclic) bond motifs is 1. The Morgan fingerprint density at radius 1 is 1.24 bits per heavy atom. The molecule has 0 aliphatic carbocycles. The standard InChI is InChI=1S/C19H27N5O/c1-14-6-5-7-15(2)18(14)13-23-8-9-24-17(12-23)10-16(21-24)11-20-19(25)22(3)4/h5-7,10H,8-9,11-13H2,1-4H3,(H,20,25). The van der Waals surface area contributed by atoms with Gasteiger partial charge in [0, 0.05) is 33.7 Å². The maximum atomic E-state index is 11.7. The first-order valence-corrected chi connectivity index (χ1v) is 8.72. The van der Waals surface area contributed by atoms with E-state index >= 15 is 0 Å². The van der Waals surface area contributed by atoms with Gasteiger partial charge in [-0.15, -0.1) is 0 Å². The van der Waals surface area contributed by atoms with Crippen LogP contribution in [-0.2, 0) is 26.2 Å². The van der Waals surface area contributed by atoms with Crippen molar-refractivity contribution in [2.75, 3.05) is 20.6 Å². The Morgan fingerprint density at radius 2 is 1.96 bits per heavy atom. The summed E-state index contributed by atoms with van der Waals surface area (Å²) in [7, 11) is 3.47. The van der Waals surface area contributed by atoms with Crippen molar-refractivity contribution >= 4 is 6.03 Å². The van der Waals surface area contributed by atoms with Gasteiger partial charge in [0.2, 0.25) is 0 Å². The van der Waals surface area contributed by atoms with E-state index in [-0.39, 0.29) is 6.03 Å². The van der Waals surface area contributed by atoms with Crippen molar-refractivity contribution in [2.45, 2.75) is 40.0 Å². The first-order valence-electron chi connectivity index (χ1n) is 8.72. The number of amides is 2. The molecule has 0 saturated carbocycles. The highest BCUT2D eigenvalue weighted by molar-refractivity contribution is 5.73. The molecule has 134 valence electrons. The molecule has 6 heteroatoms. The summed E-state index contributed by atoms with van der Waals surface area (Å²) in [5.74, 6) is 0. The Bertz CT molecular complexity index is 745. The van der Waals surface area contributed by atoms with E-state index in [1.807, 2.05) is 0 Å². The first-order chi connectivity index (χ1) is 11.9. The largest absolute Gasteiger partial charge is 0.332 e. The first kappa shape index (κ1) is 17.5. The summed E-state index contributed by atoms with van der Waals surface area (Å²) >= 11 is 0. The number of hydrogen-bond donors (Lipinski definition) is 1. The molecule has 0 unspecified atom stereocenters. The summed E-state index contributed by atoms with van der Waals surface area (Å²) in [5.41, 5.74) is 6.26. The predicted octanol–water partition coefficient (Wildman–Crippen LogP) is 2.29. The van der Waals surface area contributed by atoms with Gasteiger partial charge in [0.25, 0.3) is 0 Å². The molecule has 0 saturated heterocycles. The number of nitrogens with one attached hydrogen (secondary N) is 1. The molecule has 1 aliphatic rings. The van der Waals surface area contributed by atoms with E-state index < -0.39 is 0 Å². The number of urea groups is 1. The maximum Gasteiger partial charge on any atom is 0.317 e. The quantitative estimate of drug-likeness (QED) is 0.928. The van der Waals surface area contributed by atoms with Crippen LogP contribution in [0.1, 0.15) is 28.1 Å². The summed E-state index contributed by atoms with van der Waals surface area (Å²) < 4.78 is 2.07. The molecule has 2 heterocycles. The average molecular weight is 341 g/mol. The van der Waals surface area contributed by atoms with Crippen molar-refractivity contribution in [3.63, 3.8) is 0 Å². The summed E-state index contributed by atoms with van der Waals surface area (Å²) in [6, 6.07) is 8.49. The van der Waals surface area contributed by atoms with Gasteiger partial charge in [-0.1, -0.05) is 18.2 Å². The number of hydrogen-bond acceptors (Lipinski definition) is 3. The molecule has 0 spiro atoms. The molecule has 0 bridgehead atoms. The molecular weight excluding hydrogens is 314 g/mol. The van der Waals surface area contributed by atoms with Crippen molar-refractivity contribution in [3.8, 4) is 0 Å². The third-order valence-electron chi connectivity index (χ3n) is 4.78. The summed E-state index contributed by atoms with van der Waals surface area (Å²) in [5, 5.41) is 7.49. The van der Waals surface area contributed by atoms with Crippen molar-refractivity contribution in [2.24, 2.45) is 0 Å². The van der Waals surface area contributed by atoms with E-state index in [2.05, 4.69) is 58.1 Å². The number of carbonyl (C=O) groups is 1. The highest BCUT2D eigenvalue weighted by Gasteiger charge is 2.19. The molecule has 0 radical (unpaired) electrons. The summed E-state index contributed by atoms with van der Waals surface area (Å²) in [6.07, 6.45) is 0. The van der Waals surface area contributed by atoms with Crippen molar-refractivity contribution in [1.29, 1.82) is 0 Å². The van der Waals surface area contributed by atoms with Crippen LogP contribution in [0.15, 0.2) is 24.3 Å². The lowest BCUT2D eigenvalue weighted by atomic mass is 10.0.